The zero-order valence-electron chi connectivity index (χ0n) is 18.7. The van der Waals surface area contributed by atoms with Gasteiger partial charge in [0, 0.05) is 26.2 Å². The maximum absolute atomic E-state index is 12.9. The summed E-state index contributed by atoms with van der Waals surface area (Å²) in [7, 11) is 0. The summed E-state index contributed by atoms with van der Waals surface area (Å²) in [6, 6.07) is 30.1. The van der Waals surface area contributed by atoms with Crippen molar-refractivity contribution >= 4 is 53.1 Å². The number of benzene rings is 5. The molecule has 0 radical (unpaired) electrons. The minimum absolute atomic E-state index is 0.293. The van der Waals surface area contributed by atoms with Crippen LogP contribution in [0.2, 0.25) is 0 Å². The molecule has 0 spiro atoms. The van der Waals surface area contributed by atoms with E-state index in [4.69, 9.17) is 13.9 Å². The molecule has 0 saturated heterocycles. The van der Waals surface area contributed by atoms with Gasteiger partial charge in [0.15, 0.2) is 0 Å². The van der Waals surface area contributed by atoms with E-state index >= 15 is 0 Å². The number of ether oxygens (including phenoxy) is 2. The number of hydrogen-bond acceptors (Lipinski definition) is 6. The molecule has 7 rings (SSSR count). The predicted octanol–water partition coefficient (Wildman–Crippen LogP) is 7.70. The van der Waals surface area contributed by atoms with Gasteiger partial charge in [-0.05, 0) is 42.5 Å². The monoisotopic (exact) mass is 488 g/mol. The largest absolute Gasteiger partial charge is 0.457 e. The summed E-state index contributed by atoms with van der Waals surface area (Å²) >= 11 is 1.55. The minimum Gasteiger partial charge on any atom is -0.457 e. The van der Waals surface area contributed by atoms with Crippen molar-refractivity contribution in [1.29, 1.82) is 0 Å². The van der Waals surface area contributed by atoms with Crippen LogP contribution in [0.15, 0.2) is 111 Å². The van der Waals surface area contributed by atoms with Crippen molar-refractivity contribution in [3.8, 4) is 23.0 Å². The van der Waals surface area contributed by atoms with E-state index in [1.54, 1.807) is 23.5 Å². The molecule has 2 heterocycles. The normalized spacial score (nSPS) is 11.6. The SMILES string of the molecule is O=c1oc(=O)c2cc(Oc3ccccc3)c3c4ccccc4sc4c(Oc5ccccc5)cc1c2c43. The van der Waals surface area contributed by atoms with Crippen LogP contribution in [0, 0.1) is 0 Å². The summed E-state index contributed by atoms with van der Waals surface area (Å²) in [4.78, 5) is 25.8. The van der Waals surface area contributed by atoms with E-state index in [1.807, 2.05) is 84.9 Å². The van der Waals surface area contributed by atoms with Gasteiger partial charge >= 0.3 is 11.3 Å². The highest BCUT2D eigenvalue weighted by molar-refractivity contribution is 7.25. The smallest absolute Gasteiger partial charge is 0.346 e. The summed E-state index contributed by atoms with van der Waals surface area (Å²) in [6.45, 7) is 0. The van der Waals surface area contributed by atoms with Crippen molar-refractivity contribution < 1.29 is 13.9 Å². The molecule has 0 aliphatic carbocycles. The predicted molar refractivity (Wildman–Crippen MR) is 143 cm³/mol. The van der Waals surface area contributed by atoms with Gasteiger partial charge in [-0.15, -0.1) is 11.3 Å². The van der Waals surface area contributed by atoms with Crippen molar-refractivity contribution in [2.45, 2.75) is 0 Å². The lowest BCUT2D eigenvalue weighted by Crippen LogP contribution is -2.12. The summed E-state index contributed by atoms with van der Waals surface area (Å²) < 4.78 is 19.6. The molecule has 0 amide bonds. The van der Waals surface area contributed by atoms with Crippen molar-refractivity contribution in [2.75, 3.05) is 0 Å². The lowest BCUT2D eigenvalue weighted by Gasteiger charge is -2.18. The zero-order chi connectivity index (χ0) is 24.2. The molecular weight excluding hydrogens is 472 g/mol. The number of hydrogen-bond donors (Lipinski definition) is 0. The molecule has 0 N–H and O–H groups in total. The fourth-order valence-corrected chi connectivity index (χ4v) is 5.86. The van der Waals surface area contributed by atoms with Crippen LogP contribution >= 0.6 is 11.3 Å². The summed E-state index contributed by atoms with van der Waals surface area (Å²) in [6.07, 6.45) is 0. The molecule has 5 nitrogen and oxygen atoms in total. The molecular formula is C30H16O5S. The van der Waals surface area contributed by atoms with Crippen molar-refractivity contribution in [3.05, 3.63) is 118 Å². The fourth-order valence-electron chi connectivity index (χ4n) is 4.70. The van der Waals surface area contributed by atoms with Crippen LogP contribution in [0.4, 0.5) is 0 Å². The second kappa shape index (κ2) is 7.93. The molecule has 0 aliphatic heterocycles. The highest BCUT2D eigenvalue weighted by Gasteiger charge is 2.24. The number of rotatable bonds is 4. The van der Waals surface area contributed by atoms with E-state index in [1.165, 1.54) is 0 Å². The molecule has 5 aromatic carbocycles. The van der Waals surface area contributed by atoms with Gasteiger partial charge in [0.25, 0.3) is 0 Å². The summed E-state index contributed by atoms with van der Waals surface area (Å²) in [5.74, 6) is 2.29. The molecule has 172 valence electrons. The standard InChI is InChI=1S/C30H16O5S/c31-29-20-15-22(33-17-9-3-1-4-10-17)26-19-13-7-8-14-24(19)36-28-23(34-18-11-5-2-6-12-18)16-21(30(32)35-29)25(20)27(26)28/h1-16H. The topological polar surface area (TPSA) is 65.7 Å². The molecule has 6 heteroatoms. The Kier molecular flexibility index (Phi) is 4.56. The third kappa shape index (κ3) is 3.16. The Morgan fingerprint density at radius 2 is 1.11 bits per heavy atom. The summed E-state index contributed by atoms with van der Waals surface area (Å²) in [5.41, 5.74) is -1.38. The Morgan fingerprint density at radius 1 is 0.556 bits per heavy atom. The van der Waals surface area contributed by atoms with Crippen molar-refractivity contribution in [2.24, 2.45) is 0 Å². The van der Waals surface area contributed by atoms with Gasteiger partial charge in [0.1, 0.15) is 23.0 Å². The molecule has 0 atom stereocenters. The average Bonchev–Trinajstić information content (AvgIpc) is 2.91. The Bertz CT molecular complexity index is 2000. The molecule has 7 aromatic rings. The van der Waals surface area contributed by atoms with E-state index in [2.05, 4.69) is 0 Å². The quantitative estimate of drug-likeness (QED) is 0.188. The highest BCUT2D eigenvalue weighted by Crippen LogP contribution is 2.49. The second-order valence-electron chi connectivity index (χ2n) is 8.40. The highest BCUT2D eigenvalue weighted by atomic mass is 32.1. The van der Waals surface area contributed by atoms with E-state index in [9.17, 15) is 9.59 Å². The maximum atomic E-state index is 12.9. The molecule has 36 heavy (non-hydrogen) atoms. The molecule has 2 aromatic heterocycles. The van der Waals surface area contributed by atoms with E-state index < -0.39 is 11.3 Å². The minimum atomic E-state index is -0.691. The lowest BCUT2D eigenvalue weighted by atomic mass is 9.97. The Morgan fingerprint density at radius 3 is 1.78 bits per heavy atom. The van der Waals surface area contributed by atoms with Crippen LogP contribution in [0.1, 0.15) is 0 Å². The van der Waals surface area contributed by atoms with Crippen LogP contribution in [-0.4, -0.2) is 0 Å². The maximum Gasteiger partial charge on any atom is 0.346 e. The summed E-state index contributed by atoms with van der Waals surface area (Å²) in [5, 5.41) is 3.66. The third-order valence-corrected chi connectivity index (χ3v) is 7.41. The van der Waals surface area contributed by atoms with Gasteiger partial charge in [-0.1, -0.05) is 54.6 Å². The molecule has 0 aliphatic rings. The second-order valence-corrected chi connectivity index (χ2v) is 9.46. The fraction of sp³-hybridized carbons (Fsp3) is 0. The Balaban J connectivity index is 1.69. The first-order valence-corrected chi connectivity index (χ1v) is 12.2. The van der Waals surface area contributed by atoms with Gasteiger partial charge in [-0.25, -0.2) is 9.59 Å². The number of para-hydroxylation sites is 2. The first-order valence-electron chi connectivity index (χ1n) is 11.3. The van der Waals surface area contributed by atoms with Gasteiger partial charge in [0.05, 0.1) is 15.5 Å². The first-order chi connectivity index (χ1) is 17.7. The zero-order valence-corrected chi connectivity index (χ0v) is 19.5. The van der Waals surface area contributed by atoms with E-state index in [-0.39, 0.29) is 0 Å². The molecule has 0 unspecified atom stereocenters. The van der Waals surface area contributed by atoms with Crippen molar-refractivity contribution in [1.82, 2.24) is 0 Å². The van der Waals surface area contributed by atoms with E-state index in [0.29, 0.717) is 39.2 Å². The van der Waals surface area contributed by atoms with Gasteiger partial charge in [-0.2, -0.15) is 0 Å². The van der Waals surface area contributed by atoms with Crippen molar-refractivity contribution in [3.63, 3.8) is 0 Å². The Hall–Kier alpha value is -4.68. The molecule has 0 saturated carbocycles. The van der Waals surface area contributed by atoms with Gasteiger partial charge < -0.3 is 13.9 Å². The lowest BCUT2D eigenvalue weighted by molar-refractivity contribution is 0.480. The first kappa shape index (κ1) is 20.7. The average molecular weight is 489 g/mol. The van der Waals surface area contributed by atoms with Gasteiger partial charge in [-0.3, -0.25) is 0 Å². The van der Waals surface area contributed by atoms with Gasteiger partial charge in [0.2, 0.25) is 0 Å². The Labute approximate surface area is 207 Å². The molecule has 0 bridgehead atoms. The van der Waals surface area contributed by atoms with Crippen LogP contribution < -0.4 is 20.7 Å². The van der Waals surface area contributed by atoms with Crippen LogP contribution in [0.25, 0.3) is 41.7 Å². The van der Waals surface area contributed by atoms with E-state index in [0.717, 1.165) is 25.6 Å². The van der Waals surface area contributed by atoms with Crippen LogP contribution in [0.5, 0.6) is 23.0 Å². The number of fused-ring (bicyclic) bond motifs is 2. The van der Waals surface area contributed by atoms with Crippen LogP contribution in [0.3, 0.4) is 0 Å². The molecule has 0 fully saturated rings. The third-order valence-electron chi connectivity index (χ3n) is 6.22. The van der Waals surface area contributed by atoms with Crippen LogP contribution in [-0.2, 0) is 0 Å².